The average molecular weight is 184 g/mol. The fourth-order valence-corrected chi connectivity index (χ4v) is 1.08. The van der Waals surface area contributed by atoms with Crippen LogP contribution in [0.5, 0.6) is 0 Å². The standard InChI is InChI=1S/C8H12N2O3/c1-6(11)10-7(12-2)4-5-9-8(10)13-3/h4-5,8H,1-3H3. The van der Waals surface area contributed by atoms with Crippen LogP contribution in [-0.4, -0.2) is 37.6 Å². The smallest absolute Gasteiger partial charge is 0.236 e. The first-order valence-corrected chi connectivity index (χ1v) is 3.80. The summed E-state index contributed by atoms with van der Waals surface area (Å²) in [4.78, 5) is 16.5. The Bertz CT molecular complexity index is 260. The lowest BCUT2D eigenvalue weighted by Gasteiger charge is -2.29. The van der Waals surface area contributed by atoms with Crippen LogP contribution in [0, 0.1) is 0 Å². The van der Waals surface area contributed by atoms with E-state index in [4.69, 9.17) is 9.47 Å². The maximum absolute atomic E-state index is 11.2. The van der Waals surface area contributed by atoms with Crippen molar-refractivity contribution in [3.05, 3.63) is 12.0 Å². The summed E-state index contributed by atoms with van der Waals surface area (Å²) in [5, 5.41) is 0. The van der Waals surface area contributed by atoms with Crippen LogP contribution in [0.1, 0.15) is 6.92 Å². The lowest BCUT2D eigenvalue weighted by molar-refractivity contribution is -0.141. The van der Waals surface area contributed by atoms with Crippen LogP contribution in [0.3, 0.4) is 0 Å². The third-order valence-electron chi connectivity index (χ3n) is 1.65. The molecule has 72 valence electrons. The van der Waals surface area contributed by atoms with E-state index in [9.17, 15) is 4.79 Å². The van der Waals surface area contributed by atoms with Crippen molar-refractivity contribution in [2.75, 3.05) is 14.2 Å². The van der Waals surface area contributed by atoms with Crippen LogP contribution in [0.4, 0.5) is 0 Å². The van der Waals surface area contributed by atoms with Gasteiger partial charge in [0.05, 0.1) is 7.11 Å². The van der Waals surface area contributed by atoms with Crippen LogP contribution < -0.4 is 0 Å². The fourth-order valence-electron chi connectivity index (χ4n) is 1.08. The van der Waals surface area contributed by atoms with E-state index >= 15 is 0 Å². The molecule has 5 nitrogen and oxygen atoms in total. The Morgan fingerprint density at radius 1 is 1.62 bits per heavy atom. The molecule has 0 aromatic rings. The molecule has 0 aromatic carbocycles. The lowest BCUT2D eigenvalue weighted by Crippen LogP contribution is -2.40. The molecule has 1 aliphatic heterocycles. The van der Waals surface area contributed by atoms with E-state index in [0.717, 1.165) is 0 Å². The van der Waals surface area contributed by atoms with Crippen molar-refractivity contribution in [3.63, 3.8) is 0 Å². The lowest BCUT2D eigenvalue weighted by atomic mass is 10.4. The molecule has 1 heterocycles. The van der Waals surface area contributed by atoms with Crippen molar-refractivity contribution in [1.82, 2.24) is 4.90 Å². The highest BCUT2D eigenvalue weighted by Crippen LogP contribution is 2.15. The van der Waals surface area contributed by atoms with Gasteiger partial charge in [-0.2, -0.15) is 0 Å². The van der Waals surface area contributed by atoms with Gasteiger partial charge in [-0.25, -0.2) is 9.89 Å². The topological polar surface area (TPSA) is 51.1 Å². The predicted molar refractivity (Wildman–Crippen MR) is 46.9 cm³/mol. The second kappa shape index (κ2) is 4.04. The summed E-state index contributed by atoms with van der Waals surface area (Å²) in [5.74, 6) is 0.270. The molecule has 0 N–H and O–H groups in total. The number of nitrogens with zero attached hydrogens (tertiary/aromatic N) is 2. The minimum Gasteiger partial charge on any atom is -0.482 e. The molecular weight excluding hydrogens is 172 g/mol. The summed E-state index contributed by atoms with van der Waals surface area (Å²) in [6, 6.07) is 0. The Morgan fingerprint density at radius 3 is 2.77 bits per heavy atom. The molecule has 0 spiro atoms. The summed E-state index contributed by atoms with van der Waals surface area (Å²) in [6.07, 6.45) is 2.54. The van der Waals surface area contributed by atoms with Gasteiger partial charge < -0.3 is 9.47 Å². The molecule has 0 bridgehead atoms. The number of methoxy groups -OCH3 is 2. The van der Waals surface area contributed by atoms with E-state index in [-0.39, 0.29) is 5.91 Å². The zero-order chi connectivity index (χ0) is 9.84. The summed E-state index contributed by atoms with van der Waals surface area (Å²) in [6.45, 7) is 1.43. The van der Waals surface area contributed by atoms with Gasteiger partial charge in [0.1, 0.15) is 0 Å². The second-order valence-corrected chi connectivity index (χ2v) is 2.46. The van der Waals surface area contributed by atoms with Crippen molar-refractivity contribution >= 4 is 12.1 Å². The van der Waals surface area contributed by atoms with Crippen LogP contribution in [0.25, 0.3) is 0 Å². The van der Waals surface area contributed by atoms with Gasteiger partial charge in [-0.3, -0.25) is 4.79 Å². The molecule has 0 radical (unpaired) electrons. The van der Waals surface area contributed by atoms with Crippen LogP contribution >= 0.6 is 0 Å². The second-order valence-electron chi connectivity index (χ2n) is 2.46. The average Bonchev–Trinajstić information content (AvgIpc) is 2.16. The van der Waals surface area contributed by atoms with Gasteiger partial charge in [-0.05, 0) is 0 Å². The number of carbonyl (C=O) groups is 1. The van der Waals surface area contributed by atoms with Gasteiger partial charge in [0.2, 0.25) is 18.1 Å². The molecule has 13 heavy (non-hydrogen) atoms. The maximum Gasteiger partial charge on any atom is 0.236 e. The van der Waals surface area contributed by atoms with Crippen molar-refractivity contribution in [1.29, 1.82) is 0 Å². The van der Waals surface area contributed by atoms with Crippen molar-refractivity contribution in [2.24, 2.45) is 4.99 Å². The fraction of sp³-hybridized carbons (Fsp3) is 0.500. The van der Waals surface area contributed by atoms with Gasteiger partial charge in [0, 0.05) is 26.3 Å². The summed E-state index contributed by atoms with van der Waals surface area (Å²) >= 11 is 0. The number of hydrogen-bond acceptors (Lipinski definition) is 4. The Kier molecular flexibility index (Phi) is 3.02. The number of allylic oxidation sites excluding steroid dienone is 1. The van der Waals surface area contributed by atoms with E-state index in [2.05, 4.69) is 4.99 Å². The van der Waals surface area contributed by atoms with Crippen molar-refractivity contribution in [3.8, 4) is 0 Å². The Labute approximate surface area is 76.6 Å². The Hall–Kier alpha value is -1.36. The number of amides is 1. The molecule has 0 fully saturated rings. The summed E-state index contributed by atoms with van der Waals surface area (Å²) in [5.41, 5.74) is 0. The zero-order valence-electron chi connectivity index (χ0n) is 7.85. The number of rotatable bonds is 2. The van der Waals surface area contributed by atoms with Crippen molar-refractivity contribution < 1.29 is 14.3 Å². The molecule has 1 atom stereocenters. The van der Waals surface area contributed by atoms with Crippen LogP contribution in [-0.2, 0) is 14.3 Å². The monoisotopic (exact) mass is 184 g/mol. The molecule has 0 aromatic heterocycles. The third kappa shape index (κ3) is 1.86. The zero-order valence-corrected chi connectivity index (χ0v) is 7.85. The maximum atomic E-state index is 11.2. The molecule has 5 heteroatoms. The minimum atomic E-state index is -0.613. The molecule has 1 aliphatic rings. The first-order valence-electron chi connectivity index (χ1n) is 3.80. The highest BCUT2D eigenvalue weighted by atomic mass is 16.5. The third-order valence-corrected chi connectivity index (χ3v) is 1.65. The molecular formula is C8H12N2O3. The highest BCUT2D eigenvalue weighted by Gasteiger charge is 2.26. The van der Waals surface area contributed by atoms with E-state index in [1.165, 1.54) is 26.0 Å². The quantitative estimate of drug-likeness (QED) is 0.621. The van der Waals surface area contributed by atoms with E-state index in [0.29, 0.717) is 5.88 Å². The van der Waals surface area contributed by atoms with Gasteiger partial charge in [-0.15, -0.1) is 0 Å². The van der Waals surface area contributed by atoms with E-state index in [1.807, 2.05) is 0 Å². The van der Waals surface area contributed by atoms with Crippen LogP contribution in [0.2, 0.25) is 0 Å². The normalized spacial score (nSPS) is 21.3. The largest absolute Gasteiger partial charge is 0.482 e. The molecule has 1 rings (SSSR count). The number of ether oxygens (including phenoxy) is 2. The van der Waals surface area contributed by atoms with Gasteiger partial charge >= 0.3 is 0 Å². The minimum absolute atomic E-state index is 0.170. The Balaban J connectivity index is 2.89. The SMILES string of the molecule is COC1=CC=NC(OC)N1C(C)=O. The Morgan fingerprint density at radius 2 is 2.31 bits per heavy atom. The van der Waals surface area contributed by atoms with Gasteiger partial charge in [0.25, 0.3) is 0 Å². The van der Waals surface area contributed by atoms with Crippen molar-refractivity contribution in [2.45, 2.75) is 13.3 Å². The number of carbonyl (C=O) groups excluding carboxylic acids is 1. The molecule has 0 saturated heterocycles. The first kappa shape index (κ1) is 9.73. The molecule has 1 unspecified atom stereocenters. The van der Waals surface area contributed by atoms with E-state index in [1.54, 1.807) is 12.3 Å². The van der Waals surface area contributed by atoms with Gasteiger partial charge in [-0.1, -0.05) is 0 Å². The highest BCUT2D eigenvalue weighted by molar-refractivity contribution is 5.80. The molecule has 1 amide bonds. The first-order chi connectivity index (χ1) is 6.20. The molecule has 0 saturated carbocycles. The number of hydrogen-bond donors (Lipinski definition) is 0. The molecule has 0 aliphatic carbocycles. The van der Waals surface area contributed by atoms with Crippen LogP contribution in [0.15, 0.2) is 17.0 Å². The predicted octanol–water partition coefficient (Wildman–Crippen LogP) is 0.337. The summed E-state index contributed by atoms with van der Waals surface area (Å²) in [7, 11) is 2.98. The van der Waals surface area contributed by atoms with E-state index < -0.39 is 6.35 Å². The summed E-state index contributed by atoms with van der Waals surface area (Å²) < 4.78 is 9.98. The number of aliphatic imine (C=N–C) groups is 1. The van der Waals surface area contributed by atoms with Gasteiger partial charge in [0.15, 0.2) is 0 Å².